The molecule has 3 aromatic rings. The number of aromatic nitrogens is 2. The molecule has 3 aliphatic carbocycles. The van der Waals surface area contributed by atoms with Crippen LogP contribution in [0, 0.1) is 0 Å². The Hall–Kier alpha value is -2.63. The molecule has 2 fully saturated rings. The lowest BCUT2D eigenvalue weighted by Crippen LogP contribution is -2.39. The van der Waals surface area contributed by atoms with Gasteiger partial charge in [0.05, 0.1) is 34.2 Å². The molecule has 34 heavy (non-hydrogen) atoms. The highest BCUT2D eigenvalue weighted by Crippen LogP contribution is 2.49. The van der Waals surface area contributed by atoms with E-state index in [1.54, 1.807) is 13.0 Å². The number of nitrogens with zero attached hydrogens (tertiary/aromatic N) is 2. The average molecular weight is 493 g/mol. The van der Waals surface area contributed by atoms with Gasteiger partial charge in [-0.1, -0.05) is 47.5 Å². The Balaban J connectivity index is 1.44. The van der Waals surface area contributed by atoms with Gasteiger partial charge in [-0.05, 0) is 61.4 Å². The zero-order chi connectivity index (χ0) is 23.4. The first kappa shape index (κ1) is 21.9. The molecular weight excluding hydrogens is 467 g/mol. The molecule has 6 rings (SSSR count). The maximum Gasteiger partial charge on any atom is 0.217 e. The summed E-state index contributed by atoms with van der Waals surface area (Å²) in [6.07, 6.45) is 5.23. The smallest absolute Gasteiger partial charge is 0.217 e. The van der Waals surface area contributed by atoms with Crippen molar-refractivity contribution in [2.75, 3.05) is 5.32 Å². The summed E-state index contributed by atoms with van der Waals surface area (Å²) in [6, 6.07) is 13.9. The molecule has 2 N–H and O–H groups in total. The first-order chi connectivity index (χ1) is 16.5. The topological polar surface area (TPSA) is 66.9 Å². The number of anilines is 1. The molecule has 2 unspecified atom stereocenters. The molecule has 2 aromatic carbocycles. The van der Waals surface area contributed by atoms with Gasteiger partial charge < -0.3 is 10.6 Å². The Labute approximate surface area is 209 Å². The number of hydrogen-bond donors (Lipinski definition) is 2. The van der Waals surface area contributed by atoms with E-state index < -0.39 is 0 Å². The van der Waals surface area contributed by atoms with Crippen LogP contribution in [0.15, 0.2) is 42.5 Å². The van der Waals surface area contributed by atoms with Crippen LogP contribution in [0.4, 0.5) is 5.82 Å². The van der Waals surface area contributed by atoms with Crippen LogP contribution in [0.25, 0.3) is 11.3 Å². The zero-order valence-electron chi connectivity index (χ0n) is 18.9. The molecule has 0 spiro atoms. The van der Waals surface area contributed by atoms with Gasteiger partial charge in [-0.3, -0.25) is 4.79 Å². The van der Waals surface area contributed by atoms with E-state index in [-0.39, 0.29) is 18.0 Å². The van der Waals surface area contributed by atoms with Crippen molar-refractivity contribution < 1.29 is 4.79 Å². The predicted octanol–water partition coefficient (Wildman–Crippen LogP) is 6.42. The van der Waals surface area contributed by atoms with Crippen LogP contribution in [-0.4, -0.2) is 21.9 Å². The van der Waals surface area contributed by atoms with Crippen LogP contribution < -0.4 is 10.6 Å². The number of benzene rings is 2. The van der Waals surface area contributed by atoms with Crippen LogP contribution in [-0.2, 0) is 11.2 Å². The lowest BCUT2D eigenvalue weighted by atomic mass is 10.0. The molecular formula is C27H26Cl2N4O. The number of halogens is 2. The van der Waals surface area contributed by atoms with Crippen LogP contribution in [0.5, 0.6) is 0 Å². The molecule has 0 saturated heterocycles. The summed E-state index contributed by atoms with van der Waals surface area (Å²) in [6.45, 7) is 1.57. The van der Waals surface area contributed by atoms with Gasteiger partial charge in [0.15, 0.2) is 0 Å². The third kappa shape index (κ3) is 4.16. The van der Waals surface area contributed by atoms with Crippen molar-refractivity contribution in [3.63, 3.8) is 0 Å². The van der Waals surface area contributed by atoms with Gasteiger partial charge in [-0.25, -0.2) is 9.97 Å². The molecule has 0 radical (unpaired) electrons. The van der Waals surface area contributed by atoms with Gasteiger partial charge in [0, 0.05) is 29.3 Å². The Bertz CT molecular complexity index is 1290. The maximum atomic E-state index is 12.0. The fourth-order valence-corrected chi connectivity index (χ4v) is 5.54. The molecule has 5 nitrogen and oxygen atoms in total. The number of hydrogen-bond acceptors (Lipinski definition) is 4. The fourth-order valence-electron chi connectivity index (χ4n) is 5.05. The van der Waals surface area contributed by atoms with Crippen molar-refractivity contribution in [3.8, 4) is 11.3 Å². The highest BCUT2D eigenvalue weighted by atomic mass is 35.5. The highest BCUT2D eigenvalue weighted by Gasteiger charge is 2.38. The number of fused-ring (bicyclic) bond motifs is 1. The van der Waals surface area contributed by atoms with Crippen LogP contribution in [0.2, 0.25) is 10.0 Å². The summed E-state index contributed by atoms with van der Waals surface area (Å²) in [5, 5.41) is 8.08. The van der Waals surface area contributed by atoms with Crippen molar-refractivity contribution in [2.24, 2.45) is 0 Å². The van der Waals surface area contributed by atoms with E-state index in [9.17, 15) is 4.79 Å². The summed E-state index contributed by atoms with van der Waals surface area (Å²) in [4.78, 5) is 22.4. The third-order valence-electron chi connectivity index (χ3n) is 6.98. The minimum absolute atomic E-state index is 0.0236. The van der Waals surface area contributed by atoms with E-state index in [0.29, 0.717) is 21.9 Å². The molecule has 2 saturated carbocycles. The van der Waals surface area contributed by atoms with Gasteiger partial charge in [-0.2, -0.15) is 0 Å². The monoisotopic (exact) mass is 492 g/mol. The molecule has 2 atom stereocenters. The van der Waals surface area contributed by atoms with E-state index in [0.717, 1.165) is 60.6 Å². The van der Waals surface area contributed by atoms with Gasteiger partial charge in [-0.15, -0.1) is 0 Å². The van der Waals surface area contributed by atoms with E-state index in [1.807, 2.05) is 12.1 Å². The second-order valence-electron chi connectivity index (χ2n) is 9.70. The third-order valence-corrected chi connectivity index (χ3v) is 7.53. The zero-order valence-corrected chi connectivity index (χ0v) is 20.5. The van der Waals surface area contributed by atoms with Gasteiger partial charge >= 0.3 is 0 Å². The summed E-state index contributed by atoms with van der Waals surface area (Å²) in [5.41, 5.74) is 6.22. The second-order valence-corrected chi connectivity index (χ2v) is 10.5. The number of amides is 1. The summed E-state index contributed by atoms with van der Waals surface area (Å²) < 4.78 is 0. The highest BCUT2D eigenvalue weighted by molar-refractivity contribution is 6.36. The van der Waals surface area contributed by atoms with Crippen molar-refractivity contribution in [2.45, 2.75) is 62.9 Å². The van der Waals surface area contributed by atoms with E-state index >= 15 is 0 Å². The first-order valence-electron chi connectivity index (χ1n) is 12.0. The second kappa shape index (κ2) is 8.54. The van der Waals surface area contributed by atoms with Crippen molar-refractivity contribution in [3.05, 3.63) is 75.0 Å². The number of carbonyl (C=O) groups is 1. The average Bonchev–Trinajstić information content (AvgIpc) is 3.72. The van der Waals surface area contributed by atoms with E-state index in [1.165, 1.54) is 11.1 Å². The molecule has 1 amide bonds. The SMILES string of the molecule is CC(=O)NC1Cc2ccccc2C1Nc1nc(C2CC2)c(-c2ccc(Cl)cc2Cl)nc1C1CC1. The Kier molecular flexibility index (Phi) is 5.50. The van der Waals surface area contributed by atoms with Crippen LogP contribution in [0.3, 0.4) is 0 Å². The number of nitrogens with one attached hydrogen (secondary N) is 2. The molecule has 3 aliphatic rings. The van der Waals surface area contributed by atoms with Gasteiger partial charge in [0.2, 0.25) is 5.91 Å². The quantitative estimate of drug-likeness (QED) is 0.416. The van der Waals surface area contributed by atoms with Crippen molar-refractivity contribution >= 4 is 34.9 Å². The molecule has 174 valence electrons. The maximum absolute atomic E-state index is 12.0. The molecule has 7 heteroatoms. The normalized spacial score (nSPS) is 21.3. The molecule has 0 aliphatic heterocycles. The minimum atomic E-state index is -0.0519. The van der Waals surface area contributed by atoms with Crippen molar-refractivity contribution in [1.29, 1.82) is 0 Å². The van der Waals surface area contributed by atoms with Crippen LogP contribution in [0.1, 0.15) is 73.0 Å². The first-order valence-corrected chi connectivity index (χ1v) is 12.7. The standard InChI is InChI=1S/C27H26Cl2N4O/c1-14(34)30-22-12-17-4-2-3-5-19(17)25(22)33-27-24(16-8-9-16)31-26(23(32-27)15-6-7-15)20-11-10-18(28)13-21(20)29/h2-5,10-11,13,15-16,22,25H,6-9,12H2,1H3,(H,30,34)(H,32,33). The minimum Gasteiger partial charge on any atom is -0.360 e. The Morgan fingerprint density at radius 3 is 2.41 bits per heavy atom. The number of carbonyl (C=O) groups excluding carboxylic acids is 1. The van der Waals surface area contributed by atoms with Gasteiger partial charge in [0.25, 0.3) is 0 Å². The van der Waals surface area contributed by atoms with Crippen LogP contribution >= 0.6 is 23.2 Å². The molecule has 0 bridgehead atoms. The summed E-state index contributed by atoms with van der Waals surface area (Å²) in [7, 11) is 0. The number of rotatable bonds is 6. The van der Waals surface area contributed by atoms with Crippen molar-refractivity contribution in [1.82, 2.24) is 15.3 Å². The summed E-state index contributed by atoms with van der Waals surface area (Å²) in [5.74, 6) is 1.61. The largest absolute Gasteiger partial charge is 0.360 e. The van der Waals surface area contributed by atoms with Gasteiger partial charge in [0.1, 0.15) is 5.82 Å². The fraction of sp³-hybridized carbons (Fsp3) is 0.370. The Morgan fingerprint density at radius 2 is 1.71 bits per heavy atom. The molecule has 1 heterocycles. The van der Waals surface area contributed by atoms with E-state index in [2.05, 4.69) is 34.9 Å². The molecule has 1 aromatic heterocycles. The van der Waals surface area contributed by atoms with E-state index in [4.69, 9.17) is 33.2 Å². The lowest BCUT2D eigenvalue weighted by molar-refractivity contribution is -0.119. The Morgan fingerprint density at radius 1 is 0.971 bits per heavy atom. The predicted molar refractivity (Wildman–Crippen MR) is 136 cm³/mol. The summed E-state index contributed by atoms with van der Waals surface area (Å²) >= 11 is 12.8. The lowest BCUT2D eigenvalue weighted by Gasteiger charge is -2.25.